The first-order valence-electron chi connectivity index (χ1n) is 27.6. The molecule has 0 unspecified atom stereocenters. The number of nitrogens with one attached hydrogen (secondary N) is 6. The Labute approximate surface area is 475 Å². The molecule has 18 heteroatoms. The lowest BCUT2D eigenvalue weighted by molar-refractivity contribution is -0.111. The van der Waals surface area contributed by atoms with Gasteiger partial charge >= 0.3 is 0 Å². The van der Waals surface area contributed by atoms with Crippen molar-refractivity contribution >= 4 is 86.5 Å². The first-order valence-corrected chi connectivity index (χ1v) is 27.6. The molecule has 81 heavy (non-hydrogen) atoms. The molecule has 0 bridgehead atoms. The summed E-state index contributed by atoms with van der Waals surface area (Å²) in [5, 5.41) is 4.81. The van der Waals surface area contributed by atoms with Crippen molar-refractivity contribution in [2.24, 2.45) is 47.5 Å². The summed E-state index contributed by atoms with van der Waals surface area (Å²) in [5.41, 5.74) is 26.8. The number of hydrogen-bond acceptors (Lipinski definition) is 18. The van der Waals surface area contributed by atoms with E-state index in [4.69, 9.17) is 29.9 Å². The van der Waals surface area contributed by atoms with Crippen molar-refractivity contribution in [3.05, 3.63) is 143 Å². The van der Waals surface area contributed by atoms with Crippen LogP contribution in [0.3, 0.4) is 0 Å². The number of carbonyl (C=O) groups excluding carboxylic acids is 3. The topological polar surface area (TPSA) is 209 Å². The fourth-order valence-corrected chi connectivity index (χ4v) is 12.0. The van der Waals surface area contributed by atoms with Gasteiger partial charge in [-0.1, -0.05) is 140 Å². The van der Waals surface area contributed by atoms with Gasteiger partial charge in [-0.05, 0) is 141 Å². The zero-order valence-electron chi connectivity index (χ0n) is 49.3. The average molecular weight is 1090 g/mol. The molecule has 0 saturated heterocycles. The Morgan fingerprint density at radius 3 is 0.753 bits per heavy atom. The van der Waals surface area contributed by atoms with Gasteiger partial charge in [0.1, 0.15) is 34.2 Å². The lowest BCUT2D eigenvalue weighted by Crippen LogP contribution is -2.38. The molecule has 3 aromatic carbocycles. The molecule has 0 atom stereocenters. The number of anilines is 6. The van der Waals surface area contributed by atoms with E-state index in [1.165, 1.54) is 0 Å². The normalized spacial score (nSPS) is 19.1. The number of rotatable bonds is 12. The number of fused-ring (bicyclic) bond motifs is 3. The average Bonchev–Trinajstić information content (AvgIpc) is 4.24. The van der Waals surface area contributed by atoms with Crippen LogP contribution in [0.4, 0.5) is 52.0 Å². The molecule has 0 radical (unpaired) electrons. The maximum absolute atomic E-state index is 15.0. The predicted octanol–water partition coefficient (Wildman–Crippen LogP) is 13.7. The number of benzene rings is 3. The van der Waals surface area contributed by atoms with Gasteiger partial charge in [0.2, 0.25) is 17.3 Å². The molecular weight excluding hydrogens is 1010 g/mol. The summed E-state index contributed by atoms with van der Waals surface area (Å²) in [7, 11) is 0. The number of allylic oxidation sites excluding steroid dienone is 12. The molecule has 3 aliphatic heterocycles. The van der Waals surface area contributed by atoms with Crippen molar-refractivity contribution in [1.82, 2.24) is 30.3 Å². The Bertz CT molecular complexity index is 3130. The van der Waals surface area contributed by atoms with Gasteiger partial charge < -0.3 is 0 Å². The highest BCUT2D eigenvalue weighted by molar-refractivity contribution is 6.52. The second kappa shape index (κ2) is 20.1. The smallest absolute Gasteiger partial charge is 0.256 e. The van der Waals surface area contributed by atoms with Crippen molar-refractivity contribution < 1.29 is 14.4 Å². The van der Waals surface area contributed by atoms with Crippen molar-refractivity contribution in [3.63, 3.8) is 0 Å². The van der Waals surface area contributed by atoms with Crippen molar-refractivity contribution in [3.8, 4) is 0 Å². The summed E-state index contributed by atoms with van der Waals surface area (Å²) in [6.45, 7) is 32.6. The molecule has 4 heterocycles. The minimum absolute atomic E-state index is 0.0408. The number of aromatic nitrogens is 3. The number of nitrogens with zero attached hydrogens (tertiary/aromatic N) is 9. The Hall–Kier alpha value is -8.67. The quantitative estimate of drug-likeness (QED) is 0.0729. The Kier molecular flexibility index (Phi) is 13.8. The lowest BCUT2D eigenvalue weighted by atomic mass is 9.70. The largest absolute Gasteiger partial charge is 0.285 e. The van der Waals surface area contributed by atoms with Crippen LogP contribution in [0.5, 0.6) is 0 Å². The Balaban J connectivity index is 1.14. The van der Waals surface area contributed by atoms with E-state index in [-0.39, 0.29) is 51.2 Å². The van der Waals surface area contributed by atoms with Crippen molar-refractivity contribution in [2.45, 2.75) is 123 Å². The standard InChI is InChI=1S/C63H75N15O3/c1-58(2,3)34-61(10,11)37-28-46(52(79)49(31-37)76-70-40-22-16-17-23-41(40)71-76)64-55-67-56(65-47-29-38(62(12,13)35-59(4,5)6)32-50(53(47)80)77-72-42-24-18-19-25-43(42)73-77)69-57(68-55)66-48-30-39(63(14,15)36-60(7,8)9)33-51(54(48)81)78-74-44-26-20-21-27-45(44)75-78/h16-33,70-75H,34-36H2,1-15H3/b64-46-,65-47+,66-48+. The maximum atomic E-state index is 15.0. The maximum Gasteiger partial charge on any atom is 0.256 e. The summed E-state index contributed by atoms with van der Waals surface area (Å²) >= 11 is 0. The van der Waals surface area contributed by atoms with Gasteiger partial charge in [-0.25, -0.2) is 15.0 Å². The van der Waals surface area contributed by atoms with E-state index in [1.807, 2.05) is 91.0 Å². The number of carbonyl (C=O) groups is 3. The molecule has 4 aromatic rings. The molecule has 0 saturated carbocycles. The predicted molar refractivity (Wildman–Crippen MR) is 325 cm³/mol. The fraction of sp³-hybridized carbons (Fsp3) is 0.381. The molecule has 10 rings (SSSR count). The molecule has 420 valence electrons. The van der Waals surface area contributed by atoms with E-state index in [1.54, 1.807) is 33.6 Å². The number of ketones is 3. The molecule has 6 aliphatic rings. The molecule has 18 nitrogen and oxygen atoms in total. The second-order valence-electron chi connectivity index (χ2n) is 27.3. The van der Waals surface area contributed by atoms with E-state index in [9.17, 15) is 0 Å². The van der Waals surface area contributed by atoms with Crippen molar-refractivity contribution in [2.75, 3.05) is 32.6 Å². The fourth-order valence-electron chi connectivity index (χ4n) is 12.0. The highest BCUT2D eigenvalue weighted by Crippen LogP contribution is 2.46. The van der Waals surface area contributed by atoms with Crippen LogP contribution in [-0.2, 0) is 14.4 Å². The summed E-state index contributed by atoms with van der Waals surface area (Å²) in [4.78, 5) is 74.3. The monoisotopic (exact) mass is 1090 g/mol. The van der Waals surface area contributed by atoms with Crippen LogP contribution in [0, 0.1) is 32.5 Å². The number of Topliss-reactive ketones (excluding diaryl/α,β-unsaturated/α-hetero) is 3. The third kappa shape index (κ3) is 12.1. The van der Waals surface area contributed by atoms with E-state index in [2.05, 4.69) is 136 Å². The van der Waals surface area contributed by atoms with Crippen LogP contribution in [0.2, 0.25) is 0 Å². The van der Waals surface area contributed by atoms with Gasteiger partial charge in [0.05, 0.1) is 34.1 Å². The summed E-state index contributed by atoms with van der Waals surface area (Å²) < 4.78 is 0. The van der Waals surface area contributed by atoms with Crippen LogP contribution < -0.4 is 32.6 Å². The number of hydrazine groups is 6. The van der Waals surface area contributed by atoms with Crippen LogP contribution in [0.15, 0.2) is 158 Å². The lowest BCUT2D eigenvalue weighted by Gasteiger charge is -2.35. The molecule has 0 fully saturated rings. The van der Waals surface area contributed by atoms with E-state index in [0.29, 0.717) is 17.1 Å². The number of aliphatic imine (C=N–C) groups is 3. The van der Waals surface area contributed by atoms with Crippen LogP contribution >= 0.6 is 0 Å². The Morgan fingerprint density at radius 2 is 0.556 bits per heavy atom. The van der Waals surface area contributed by atoms with Gasteiger partial charge in [-0.3, -0.25) is 46.9 Å². The molecular formula is C63H75N15O3. The number of hydrogen-bond donors (Lipinski definition) is 6. The third-order valence-electron chi connectivity index (χ3n) is 14.6. The minimum atomic E-state index is -0.444. The van der Waals surface area contributed by atoms with Crippen molar-refractivity contribution in [1.29, 1.82) is 0 Å². The first-order chi connectivity index (χ1) is 37.9. The zero-order chi connectivity index (χ0) is 58.2. The van der Waals surface area contributed by atoms with E-state index in [0.717, 1.165) is 70.1 Å². The van der Waals surface area contributed by atoms with E-state index < -0.39 is 33.6 Å². The van der Waals surface area contributed by atoms with Gasteiger partial charge in [0, 0.05) is 0 Å². The SMILES string of the molecule is CC(C)(C)CC(C)(C)C1=C/C(=N/c2nc(/N=C3\C=C(C(C)(C)CC(C)(C)C)C=C(N4Nc5ccccc5N4)C3=O)nc(/N=C3\C=C(C(C)(C)CC(C)(C)C)C=C(N4Nc5ccccc5N4)C3=O)n2)C(=O)C(N2Nc3ccccc3N2)=C1. The minimum Gasteiger partial charge on any atom is -0.285 e. The molecule has 1 aromatic heterocycles. The number of para-hydroxylation sites is 6. The van der Waals surface area contributed by atoms with Gasteiger partial charge in [0.25, 0.3) is 17.8 Å². The summed E-state index contributed by atoms with van der Waals surface area (Å²) in [5.74, 6) is -1.91. The van der Waals surface area contributed by atoms with Gasteiger partial charge in [-0.15, -0.1) is 0 Å². The highest BCUT2D eigenvalue weighted by Gasteiger charge is 2.40. The van der Waals surface area contributed by atoms with Crippen LogP contribution in [0.25, 0.3) is 0 Å². The first kappa shape index (κ1) is 55.6. The van der Waals surface area contributed by atoms with Gasteiger partial charge in [0.15, 0.2) is 0 Å². The van der Waals surface area contributed by atoms with E-state index >= 15 is 14.4 Å². The highest BCUT2D eigenvalue weighted by atomic mass is 16.1. The van der Waals surface area contributed by atoms with Crippen LogP contribution in [-0.4, -0.2) is 64.8 Å². The molecule has 6 N–H and O–H groups in total. The Morgan fingerprint density at radius 1 is 0.346 bits per heavy atom. The molecule has 0 spiro atoms. The summed E-state index contributed by atoms with van der Waals surface area (Å²) in [6.07, 6.45) is 13.3. The molecule has 3 aliphatic carbocycles. The second-order valence-corrected chi connectivity index (χ2v) is 27.3. The zero-order valence-corrected chi connectivity index (χ0v) is 49.3. The van der Waals surface area contributed by atoms with Crippen LogP contribution in [0.1, 0.15) is 123 Å². The summed E-state index contributed by atoms with van der Waals surface area (Å²) in [6, 6.07) is 23.1. The van der Waals surface area contributed by atoms with Gasteiger partial charge in [-0.2, -0.15) is 30.3 Å². The molecule has 0 amide bonds. The third-order valence-corrected chi connectivity index (χ3v) is 14.6.